The molecule has 5 nitrogen and oxygen atoms in total. The first-order valence-corrected chi connectivity index (χ1v) is 8.99. The summed E-state index contributed by atoms with van der Waals surface area (Å²) in [4.78, 5) is -0.212. The lowest BCUT2D eigenvalue weighted by Crippen LogP contribution is -2.14. The van der Waals surface area contributed by atoms with Gasteiger partial charge in [0.25, 0.3) is 10.0 Å². The van der Waals surface area contributed by atoms with Crippen molar-refractivity contribution in [3.8, 4) is 11.5 Å². The van der Waals surface area contributed by atoms with Gasteiger partial charge in [-0.2, -0.15) is 8.78 Å². The molecule has 130 valence electrons. The molecule has 0 aliphatic carbocycles. The van der Waals surface area contributed by atoms with E-state index in [9.17, 15) is 17.2 Å². The highest BCUT2D eigenvalue weighted by atomic mass is 79.9. The zero-order chi connectivity index (χ0) is 17.9. The Morgan fingerprint density at radius 1 is 1.17 bits per heavy atom. The molecule has 0 saturated carbocycles. The largest absolute Gasteiger partial charge is 0.495 e. The normalized spacial score (nSPS) is 11.4. The zero-order valence-electron chi connectivity index (χ0n) is 12.1. The van der Waals surface area contributed by atoms with Crippen molar-refractivity contribution in [2.45, 2.75) is 11.5 Å². The lowest BCUT2D eigenvalue weighted by atomic mass is 10.3. The minimum atomic E-state index is -4.01. The number of methoxy groups -OCH3 is 1. The summed E-state index contributed by atoms with van der Waals surface area (Å²) in [5, 5.41) is -0.251. The second-order valence-corrected chi connectivity index (χ2v) is 7.43. The van der Waals surface area contributed by atoms with Gasteiger partial charge in [0.1, 0.15) is 11.5 Å². The lowest BCUT2D eigenvalue weighted by molar-refractivity contribution is -0.0498. The Labute approximate surface area is 150 Å². The molecule has 24 heavy (non-hydrogen) atoms. The molecule has 0 heterocycles. The summed E-state index contributed by atoms with van der Waals surface area (Å²) in [5.41, 5.74) is 0.205. The molecule has 0 fully saturated rings. The summed E-state index contributed by atoms with van der Waals surface area (Å²) >= 11 is 9.02. The van der Waals surface area contributed by atoms with Crippen LogP contribution in [0.1, 0.15) is 0 Å². The van der Waals surface area contributed by atoms with Crippen LogP contribution in [0.25, 0.3) is 0 Å². The van der Waals surface area contributed by atoms with E-state index in [-0.39, 0.29) is 21.4 Å². The van der Waals surface area contributed by atoms with Crippen LogP contribution >= 0.6 is 27.5 Å². The van der Waals surface area contributed by atoms with E-state index in [2.05, 4.69) is 25.4 Å². The summed E-state index contributed by atoms with van der Waals surface area (Å²) in [6, 6.07) is 7.97. The smallest absolute Gasteiger partial charge is 0.387 e. The van der Waals surface area contributed by atoms with Crippen LogP contribution in [0.4, 0.5) is 14.5 Å². The number of anilines is 1. The fourth-order valence-electron chi connectivity index (χ4n) is 1.80. The van der Waals surface area contributed by atoms with Gasteiger partial charge in [0, 0.05) is 4.47 Å². The van der Waals surface area contributed by atoms with Crippen molar-refractivity contribution in [1.82, 2.24) is 0 Å². The van der Waals surface area contributed by atoms with Crippen molar-refractivity contribution < 1.29 is 26.7 Å². The number of sulfonamides is 1. The van der Waals surface area contributed by atoms with E-state index in [1.54, 1.807) is 12.1 Å². The minimum Gasteiger partial charge on any atom is -0.495 e. The Hall–Kier alpha value is -1.58. The average molecular weight is 443 g/mol. The second-order valence-electron chi connectivity index (χ2n) is 4.42. The molecule has 0 aliphatic rings. The summed E-state index contributed by atoms with van der Waals surface area (Å²) in [7, 11) is -2.61. The monoisotopic (exact) mass is 441 g/mol. The van der Waals surface area contributed by atoms with Crippen LogP contribution in [0.2, 0.25) is 5.02 Å². The van der Waals surface area contributed by atoms with Gasteiger partial charge < -0.3 is 9.47 Å². The molecule has 2 aromatic carbocycles. The number of ether oxygens (including phenoxy) is 2. The number of hydrogen-bond donors (Lipinski definition) is 1. The third-order valence-corrected chi connectivity index (χ3v) is 4.99. The quantitative estimate of drug-likeness (QED) is 0.715. The molecule has 0 bridgehead atoms. The number of alkyl halides is 2. The van der Waals surface area contributed by atoms with Crippen LogP contribution in [0.5, 0.6) is 11.5 Å². The molecular formula is C14H11BrClF2NO4S. The number of benzene rings is 2. The Bertz CT molecular complexity index is 849. The lowest BCUT2D eigenvalue weighted by Gasteiger charge is -2.13. The Kier molecular flexibility index (Phi) is 5.89. The van der Waals surface area contributed by atoms with Crippen molar-refractivity contribution in [3.05, 3.63) is 45.9 Å². The van der Waals surface area contributed by atoms with E-state index in [0.717, 1.165) is 18.2 Å². The fraction of sp³-hybridized carbons (Fsp3) is 0.143. The van der Waals surface area contributed by atoms with Gasteiger partial charge in [-0.1, -0.05) is 27.5 Å². The van der Waals surface area contributed by atoms with Gasteiger partial charge in [-0.05, 0) is 36.4 Å². The predicted octanol–water partition coefficient (Wildman–Crippen LogP) is 4.51. The summed E-state index contributed by atoms with van der Waals surface area (Å²) in [6.45, 7) is -3.06. The van der Waals surface area contributed by atoms with Crippen LogP contribution in [-0.4, -0.2) is 22.1 Å². The van der Waals surface area contributed by atoms with E-state index in [0.29, 0.717) is 10.2 Å². The van der Waals surface area contributed by atoms with Gasteiger partial charge in [0.15, 0.2) is 0 Å². The van der Waals surface area contributed by atoms with Crippen LogP contribution in [0, 0.1) is 0 Å². The highest BCUT2D eigenvalue weighted by Gasteiger charge is 2.19. The van der Waals surface area contributed by atoms with Crippen molar-refractivity contribution in [3.63, 3.8) is 0 Å². The van der Waals surface area contributed by atoms with E-state index in [1.807, 2.05) is 0 Å². The molecule has 0 amide bonds. The maximum atomic E-state index is 12.4. The molecule has 2 aromatic rings. The predicted molar refractivity (Wildman–Crippen MR) is 89.6 cm³/mol. The molecule has 0 atom stereocenters. The summed E-state index contributed by atoms with van der Waals surface area (Å²) < 4.78 is 61.6. The molecule has 0 aliphatic heterocycles. The SMILES string of the molecule is COc1ccc(Br)cc1NS(=O)(=O)c1ccc(OC(F)F)c(Cl)c1. The van der Waals surface area contributed by atoms with E-state index in [4.69, 9.17) is 16.3 Å². The van der Waals surface area contributed by atoms with Gasteiger partial charge in [-0.15, -0.1) is 0 Å². The molecule has 0 radical (unpaired) electrons. The maximum Gasteiger partial charge on any atom is 0.387 e. The Balaban J connectivity index is 2.34. The van der Waals surface area contributed by atoms with Crippen LogP contribution in [-0.2, 0) is 10.0 Å². The first-order valence-electron chi connectivity index (χ1n) is 6.33. The van der Waals surface area contributed by atoms with Crippen LogP contribution < -0.4 is 14.2 Å². The fourth-order valence-corrected chi connectivity index (χ4v) is 3.54. The first kappa shape index (κ1) is 18.8. The number of hydrogen-bond acceptors (Lipinski definition) is 4. The molecule has 10 heteroatoms. The highest BCUT2D eigenvalue weighted by Crippen LogP contribution is 2.32. The third kappa shape index (κ3) is 4.49. The average Bonchev–Trinajstić information content (AvgIpc) is 2.48. The number of halogens is 4. The number of nitrogens with one attached hydrogen (secondary N) is 1. The molecular weight excluding hydrogens is 432 g/mol. The molecule has 1 N–H and O–H groups in total. The second kappa shape index (κ2) is 7.54. The van der Waals surface area contributed by atoms with E-state index in [1.165, 1.54) is 13.2 Å². The molecule has 0 aromatic heterocycles. The standard InChI is InChI=1S/C14H11BrClF2NO4S/c1-22-13-4-2-8(15)6-11(13)19-24(20,21)9-3-5-12(10(16)7-9)23-14(17)18/h2-7,14,19H,1H3. The Morgan fingerprint density at radius 3 is 2.42 bits per heavy atom. The molecule has 2 rings (SSSR count). The zero-order valence-corrected chi connectivity index (χ0v) is 15.3. The van der Waals surface area contributed by atoms with Crippen molar-refractivity contribution in [1.29, 1.82) is 0 Å². The van der Waals surface area contributed by atoms with Crippen LogP contribution in [0.3, 0.4) is 0 Å². The summed E-state index contributed by atoms with van der Waals surface area (Å²) in [6.07, 6.45) is 0. The molecule has 0 unspecified atom stereocenters. The van der Waals surface area contributed by atoms with Gasteiger partial charge >= 0.3 is 6.61 Å². The third-order valence-electron chi connectivity index (χ3n) is 2.84. The Morgan fingerprint density at radius 2 is 1.83 bits per heavy atom. The molecule has 0 spiro atoms. The van der Waals surface area contributed by atoms with Gasteiger partial charge in [-0.3, -0.25) is 4.72 Å². The van der Waals surface area contributed by atoms with Crippen molar-refractivity contribution in [2.75, 3.05) is 11.8 Å². The molecule has 0 saturated heterocycles. The topological polar surface area (TPSA) is 64.6 Å². The summed E-state index contributed by atoms with van der Waals surface area (Å²) in [5.74, 6) is -0.00354. The van der Waals surface area contributed by atoms with Gasteiger partial charge in [-0.25, -0.2) is 8.42 Å². The van der Waals surface area contributed by atoms with Gasteiger partial charge in [0.05, 0.1) is 22.7 Å². The first-order chi connectivity index (χ1) is 11.2. The maximum absolute atomic E-state index is 12.4. The van der Waals surface area contributed by atoms with E-state index < -0.39 is 16.6 Å². The van der Waals surface area contributed by atoms with Crippen molar-refractivity contribution in [2.24, 2.45) is 0 Å². The highest BCUT2D eigenvalue weighted by molar-refractivity contribution is 9.10. The van der Waals surface area contributed by atoms with Crippen molar-refractivity contribution >= 4 is 43.2 Å². The van der Waals surface area contributed by atoms with Gasteiger partial charge in [0.2, 0.25) is 0 Å². The minimum absolute atomic E-state index is 0.205. The van der Waals surface area contributed by atoms with E-state index >= 15 is 0 Å². The number of rotatable bonds is 6. The van der Waals surface area contributed by atoms with Crippen LogP contribution in [0.15, 0.2) is 45.8 Å².